The van der Waals surface area contributed by atoms with Crippen molar-refractivity contribution >= 4 is 45.4 Å². The molecule has 0 aliphatic carbocycles. The van der Waals surface area contributed by atoms with E-state index < -0.39 is 34.9 Å². The van der Waals surface area contributed by atoms with Gasteiger partial charge in [0.05, 0.1) is 11.7 Å². The van der Waals surface area contributed by atoms with Crippen molar-refractivity contribution in [3.8, 4) is 41.8 Å². The maximum atomic E-state index is 14.3. The summed E-state index contributed by atoms with van der Waals surface area (Å²) >= 11 is 3.39. The van der Waals surface area contributed by atoms with Gasteiger partial charge in [0, 0.05) is 41.8 Å². The van der Waals surface area contributed by atoms with E-state index in [-0.39, 0.29) is 11.1 Å². The van der Waals surface area contributed by atoms with Crippen molar-refractivity contribution in [3.05, 3.63) is 95.6 Å². The first kappa shape index (κ1) is 23.8. The van der Waals surface area contributed by atoms with E-state index in [0.717, 1.165) is 44.7 Å². The molecular weight excluding hydrogens is 550 g/mol. The first-order valence-electron chi connectivity index (χ1n) is 10.6. The molecule has 3 heterocycles. The number of halogens is 6. The van der Waals surface area contributed by atoms with E-state index in [9.17, 15) is 26.3 Å². The van der Waals surface area contributed by atoms with Crippen LogP contribution in [0.1, 0.15) is 0 Å². The molecule has 0 bridgehead atoms. The van der Waals surface area contributed by atoms with Crippen molar-refractivity contribution in [2.45, 2.75) is 0 Å². The summed E-state index contributed by atoms with van der Waals surface area (Å²) < 4.78 is 91.6. The van der Waals surface area contributed by atoms with Gasteiger partial charge in [0.2, 0.25) is 0 Å². The number of fused-ring (bicyclic) bond motifs is 1. The Kier molecular flexibility index (Phi) is 5.85. The normalized spacial score (nSPS) is 11.5. The minimum absolute atomic E-state index is 0.0463. The van der Waals surface area contributed by atoms with E-state index in [0.29, 0.717) is 20.8 Å². The minimum Gasteiger partial charge on any atom is -0.204 e. The van der Waals surface area contributed by atoms with Gasteiger partial charge >= 0.3 is 0 Å². The van der Waals surface area contributed by atoms with Crippen LogP contribution in [0, 0.1) is 34.9 Å². The van der Waals surface area contributed by atoms with E-state index in [4.69, 9.17) is 0 Å². The van der Waals surface area contributed by atoms with Crippen LogP contribution in [0.5, 0.6) is 0 Å². The summed E-state index contributed by atoms with van der Waals surface area (Å²) in [4.78, 5) is 2.28. The predicted octanol–water partition coefficient (Wildman–Crippen LogP) is 9.32. The molecule has 0 spiro atoms. The molecule has 0 saturated heterocycles. The van der Waals surface area contributed by atoms with Crippen molar-refractivity contribution in [2.75, 3.05) is 0 Å². The number of hydrogen-bond acceptors (Lipinski definition) is 5. The Hall–Kier alpha value is -3.54. The molecular formula is C26H10F6N2S3. The minimum atomic E-state index is -1.53. The Balaban J connectivity index is 1.39. The number of aromatic nitrogens is 2. The Morgan fingerprint density at radius 1 is 0.405 bits per heavy atom. The maximum absolute atomic E-state index is 14.3. The van der Waals surface area contributed by atoms with Gasteiger partial charge < -0.3 is 0 Å². The fraction of sp³-hybridized carbons (Fsp3) is 0. The Morgan fingerprint density at radius 2 is 0.757 bits per heavy atom. The molecule has 0 N–H and O–H groups in total. The molecule has 3 aromatic carbocycles. The van der Waals surface area contributed by atoms with Crippen LogP contribution in [0.2, 0.25) is 0 Å². The van der Waals surface area contributed by atoms with Crippen LogP contribution >= 0.6 is 34.4 Å². The van der Waals surface area contributed by atoms with E-state index in [1.54, 1.807) is 24.3 Å². The van der Waals surface area contributed by atoms with E-state index in [2.05, 4.69) is 8.75 Å². The van der Waals surface area contributed by atoms with Gasteiger partial charge in [0.25, 0.3) is 0 Å². The molecule has 11 heteroatoms. The standard InChI is InChI=1S/C26H10F6N2S3/c27-15-5-3-11(21(29)23(15)31)17-7-9-19(35-17)13-1-2-14(26-25(13)33-37-34-26)20-10-8-18(36-20)12-4-6-16(28)24(32)22(12)30/h1-10H. The van der Waals surface area contributed by atoms with Crippen LogP contribution in [-0.4, -0.2) is 8.75 Å². The number of thiophene rings is 2. The van der Waals surface area contributed by atoms with Gasteiger partial charge in [0.15, 0.2) is 34.9 Å². The zero-order chi connectivity index (χ0) is 25.8. The lowest BCUT2D eigenvalue weighted by Crippen LogP contribution is -1.92. The number of rotatable bonds is 4. The quantitative estimate of drug-likeness (QED) is 0.159. The highest BCUT2D eigenvalue weighted by Gasteiger charge is 2.20. The molecule has 0 amide bonds. The zero-order valence-corrected chi connectivity index (χ0v) is 20.6. The fourth-order valence-corrected chi connectivity index (χ4v) is 6.63. The lowest BCUT2D eigenvalue weighted by atomic mass is 10.1. The summed E-state index contributed by atoms with van der Waals surface area (Å²) in [5, 5.41) is 0. The highest BCUT2D eigenvalue weighted by Crippen LogP contribution is 2.43. The average Bonchev–Trinajstić information content (AvgIpc) is 3.66. The molecule has 0 saturated carbocycles. The Morgan fingerprint density at radius 3 is 1.16 bits per heavy atom. The topological polar surface area (TPSA) is 25.8 Å². The van der Waals surface area contributed by atoms with Gasteiger partial charge in [-0.3, -0.25) is 0 Å². The van der Waals surface area contributed by atoms with Crippen molar-refractivity contribution < 1.29 is 26.3 Å². The first-order chi connectivity index (χ1) is 17.8. The lowest BCUT2D eigenvalue weighted by molar-refractivity contribution is 0.449. The third-order valence-electron chi connectivity index (χ3n) is 5.76. The summed E-state index contributed by atoms with van der Waals surface area (Å²) in [6.07, 6.45) is 0. The van der Waals surface area contributed by atoms with Gasteiger partial charge in [-0.2, -0.15) is 8.75 Å². The fourth-order valence-electron chi connectivity index (χ4n) is 3.95. The van der Waals surface area contributed by atoms with E-state index >= 15 is 0 Å². The summed E-state index contributed by atoms with van der Waals surface area (Å²) in [5.41, 5.74) is 2.50. The molecule has 6 rings (SSSR count). The monoisotopic (exact) mass is 560 g/mol. The van der Waals surface area contributed by atoms with Crippen LogP contribution < -0.4 is 0 Å². The van der Waals surface area contributed by atoms with E-state index in [1.165, 1.54) is 34.8 Å². The molecule has 0 unspecified atom stereocenters. The molecule has 0 atom stereocenters. The summed E-state index contributed by atoms with van der Waals surface area (Å²) in [5.74, 6) is -8.07. The molecule has 0 radical (unpaired) electrons. The molecule has 184 valence electrons. The molecule has 0 aliphatic heterocycles. The zero-order valence-electron chi connectivity index (χ0n) is 18.2. The maximum Gasteiger partial charge on any atom is 0.195 e. The molecule has 37 heavy (non-hydrogen) atoms. The third kappa shape index (κ3) is 3.94. The van der Waals surface area contributed by atoms with Crippen LogP contribution in [0.25, 0.3) is 52.8 Å². The molecule has 0 aliphatic rings. The molecule has 0 fully saturated rings. The second-order valence-corrected chi connectivity index (χ2v) is 10.6. The molecule has 3 aromatic heterocycles. The number of benzene rings is 3. The van der Waals surface area contributed by atoms with Gasteiger partial charge in [-0.05, 0) is 48.5 Å². The first-order valence-corrected chi connectivity index (χ1v) is 12.9. The van der Waals surface area contributed by atoms with Gasteiger partial charge in [-0.25, -0.2) is 26.3 Å². The van der Waals surface area contributed by atoms with Gasteiger partial charge in [-0.15, -0.1) is 22.7 Å². The average molecular weight is 561 g/mol. The largest absolute Gasteiger partial charge is 0.204 e. The highest BCUT2D eigenvalue weighted by molar-refractivity contribution is 7.19. The summed E-state index contributed by atoms with van der Waals surface area (Å²) in [6, 6.07) is 14.5. The highest BCUT2D eigenvalue weighted by atomic mass is 32.1. The smallest absolute Gasteiger partial charge is 0.195 e. The van der Waals surface area contributed by atoms with Crippen molar-refractivity contribution in [3.63, 3.8) is 0 Å². The predicted molar refractivity (Wildman–Crippen MR) is 135 cm³/mol. The van der Waals surface area contributed by atoms with Crippen LogP contribution in [0.15, 0.2) is 60.7 Å². The molecule has 6 aromatic rings. The lowest BCUT2D eigenvalue weighted by Gasteiger charge is -2.05. The van der Waals surface area contributed by atoms with E-state index in [1.807, 2.05) is 12.1 Å². The SMILES string of the molecule is Fc1ccc(-c2ccc(-c3ccc(-c4ccc(-c5ccc(F)c(F)c5F)s4)c4nsnc34)s2)c(F)c1F. The van der Waals surface area contributed by atoms with Crippen molar-refractivity contribution in [1.82, 2.24) is 8.75 Å². The van der Waals surface area contributed by atoms with Crippen LogP contribution in [0.4, 0.5) is 26.3 Å². The molecule has 2 nitrogen and oxygen atoms in total. The van der Waals surface area contributed by atoms with Crippen LogP contribution in [-0.2, 0) is 0 Å². The van der Waals surface area contributed by atoms with Crippen molar-refractivity contribution in [1.29, 1.82) is 0 Å². The second kappa shape index (κ2) is 9.09. The van der Waals surface area contributed by atoms with Gasteiger partial charge in [0.1, 0.15) is 11.0 Å². The second-order valence-electron chi connectivity index (χ2n) is 7.90. The van der Waals surface area contributed by atoms with Gasteiger partial charge in [-0.1, -0.05) is 12.1 Å². The van der Waals surface area contributed by atoms with Crippen LogP contribution in [0.3, 0.4) is 0 Å². The van der Waals surface area contributed by atoms with Crippen molar-refractivity contribution in [2.24, 2.45) is 0 Å². The summed E-state index contributed by atoms with van der Waals surface area (Å²) in [6.45, 7) is 0. The number of nitrogens with zero attached hydrogens (tertiary/aromatic N) is 2. The Bertz CT molecular complexity index is 1690. The summed E-state index contributed by atoms with van der Waals surface area (Å²) in [7, 11) is 0. The number of hydrogen-bond donors (Lipinski definition) is 0. The third-order valence-corrected chi connectivity index (χ3v) is 8.59. The Labute approximate surface area is 217 Å².